The monoisotopic (exact) mass is 313 g/mol. The van der Waals surface area contributed by atoms with Gasteiger partial charge in [0.25, 0.3) is 5.91 Å². The number of hydrogen-bond acceptors (Lipinski definition) is 4. The predicted octanol–water partition coefficient (Wildman–Crippen LogP) is 3.34. The fourth-order valence-electron chi connectivity index (χ4n) is 1.38. The number of thiophene rings is 1. The van der Waals surface area contributed by atoms with Crippen molar-refractivity contribution in [1.29, 1.82) is 0 Å². The molecule has 0 spiro atoms. The first-order valence-corrected chi connectivity index (χ1v) is 6.72. The second kappa shape index (κ2) is 6.49. The molecule has 4 nitrogen and oxygen atoms in total. The maximum Gasteiger partial charge on any atom is 0.348 e. The summed E-state index contributed by atoms with van der Waals surface area (Å²) < 4.78 is 18.5. The third kappa shape index (κ3) is 3.79. The van der Waals surface area contributed by atoms with E-state index >= 15 is 0 Å². The Bertz CT molecular complexity index is 644. The lowest BCUT2D eigenvalue weighted by Gasteiger charge is -2.06. The van der Waals surface area contributed by atoms with E-state index in [1.54, 1.807) is 12.1 Å². The number of rotatable bonds is 4. The van der Waals surface area contributed by atoms with Gasteiger partial charge in [-0.3, -0.25) is 4.79 Å². The highest BCUT2D eigenvalue weighted by Gasteiger charge is 2.13. The Kier molecular flexibility index (Phi) is 4.70. The largest absolute Gasteiger partial charge is 0.451 e. The summed E-state index contributed by atoms with van der Waals surface area (Å²) in [5.74, 6) is -1.83. The summed E-state index contributed by atoms with van der Waals surface area (Å²) in [6.45, 7) is -0.497. The fraction of sp³-hybridized carbons (Fsp3) is 0.0769. The zero-order chi connectivity index (χ0) is 14.5. The molecule has 7 heteroatoms. The molecule has 1 aromatic carbocycles. The van der Waals surface area contributed by atoms with Crippen LogP contribution >= 0.6 is 22.9 Å². The third-order valence-corrected chi connectivity index (χ3v) is 3.47. The van der Waals surface area contributed by atoms with Crippen molar-refractivity contribution >= 4 is 40.5 Å². The molecule has 1 N–H and O–H groups in total. The number of ether oxygens (including phenoxy) is 1. The van der Waals surface area contributed by atoms with Crippen LogP contribution in [0.25, 0.3) is 0 Å². The number of benzene rings is 1. The van der Waals surface area contributed by atoms with Crippen molar-refractivity contribution in [3.63, 3.8) is 0 Å². The maximum atomic E-state index is 13.3. The molecular weight excluding hydrogens is 305 g/mol. The minimum absolute atomic E-state index is 0.0349. The Labute approximate surface area is 123 Å². The Balaban J connectivity index is 1.87. The van der Waals surface area contributed by atoms with E-state index in [1.165, 1.54) is 24.3 Å². The molecule has 2 aromatic rings. The Morgan fingerprint density at radius 2 is 2.00 bits per heavy atom. The van der Waals surface area contributed by atoms with E-state index in [0.717, 1.165) is 11.3 Å². The quantitative estimate of drug-likeness (QED) is 0.881. The Morgan fingerprint density at radius 1 is 1.25 bits per heavy atom. The number of carbonyl (C=O) groups excluding carboxylic acids is 2. The number of hydrogen-bond donors (Lipinski definition) is 1. The van der Waals surface area contributed by atoms with Crippen molar-refractivity contribution in [3.05, 3.63) is 51.4 Å². The van der Waals surface area contributed by atoms with E-state index in [2.05, 4.69) is 5.32 Å². The predicted molar refractivity (Wildman–Crippen MR) is 74.6 cm³/mol. The van der Waals surface area contributed by atoms with Crippen LogP contribution in [0.2, 0.25) is 4.34 Å². The number of para-hydroxylation sites is 1. The van der Waals surface area contributed by atoms with Gasteiger partial charge in [0.05, 0.1) is 10.0 Å². The molecule has 0 unspecified atom stereocenters. The molecule has 2 rings (SSSR count). The Morgan fingerprint density at radius 3 is 2.65 bits per heavy atom. The first kappa shape index (κ1) is 14.5. The lowest BCUT2D eigenvalue weighted by molar-refractivity contribution is -0.119. The van der Waals surface area contributed by atoms with Gasteiger partial charge in [0.15, 0.2) is 6.61 Å². The van der Waals surface area contributed by atoms with Gasteiger partial charge in [-0.25, -0.2) is 9.18 Å². The molecule has 0 aliphatic carbocycles. The van der Waals surface area contributed by atoms with Crippen LogP contribution in [0.15, 0.2) is 36.4 Å². The highest BCUT2D eigenvalue weighted by molar-refractivity contribution is 7.17. The zero-order valence-corrected chi connectivity index (χ0v) is 11.6. The van der Waals surface area contributed by atoms with Crippen LogP contribution in [0.4, 0.5) is 10.1 Å². The molecule has 0 fully saturated rings. The van der Waals surface area contributed by atoms with Crippen molar-refractivity contribution in [1.82, 2.24) is 0 Å². The first-order valence-electron chi connectivity index (χ1n) is 5.53. The van der Waals surface area contributed by atoms with Gasteiger partial charge in [-0.1, -0.05) is 23.7 Å². The number of halogens is 2. The fourth-order valence-corrected chi connectivity index (χ4v) is 2.31. The molecule has 0 atom stereocenters. The number of esters is 1. The lowest BCUT2D eigenvalue weighted by Crippen LogP contribution is -2.21. The molecule has 0 aliphatic heterocycles. The molecular formula is C13H9ClFNO3S. The van der Waals surface area contributed by atoms with Crippen molar-refractivity contribution < 1.29 is 18.7 Å². The number of anilines is 1. The van der Waals surface area contributed by atoms with Crippen LogP contribution in [-0.4, -0.2) is 18.5 Å². The summed E-state index contributed by atoms with van der Waals surface area (Å²) in [7, 11) is 0. The van der Waals surface area contributed by atoms with Gasteiger partial charge in [0, 0.05) is 0 Å². The third-order valence-electron chi connectivity index (χ3n) is 2.26. The van der Waals surface area contributed by atoms with Crippen LogP contribution in [0.5, 0.6) is 0 Å². The highest BCUT2D eigenvalue weighted by Crippen LogP contribution is 2.22. The highest BCUT2D eigenvalue weighted by atomic mass is 35.5. The summed E-state index contributed by atoms with van der Waals surface area (Å²) in [4.78, 5) is 23.4. The molecule has 1 aromatic heterocycles. The molecule has 0 bridgehead atoms. The van der Waals surface area contributed by atoms with Crippen LogP contribution < -0.4 is 5.32 Å². The molecule has 0 saturated heterocycles. The second-order valence-electron chi connectivity index (χ2n) is 3.71. The molecule has 1 amide bonds. The summed E-state index contributed by atoms with van der Waals surface area (Å²) in [6, 6.07) is 8.78. The molecule has 0 aliphatic rings. The molecule has 1 heterocycles. The van der Waals surface area contributed by atoms with E-state index in [-0.39, 0.29) is 5.69 Å². The van der Waals surface area contributed by atoms with Gasteiger partial charge in [-0.05, 0) is 24.3 Å². The molecule has 0 radical (unpaired) electrons. The van der Waals surface area contributed by atoms with Gasteiger partial charge in [0.1, 0.15) is 10.7 Å². The van der Waals surface area contributed by atoms with E-state index in [1.807, 2.05) is 0 Å². The van der Waals surface area contributed by atoms with E-state index in [0.29, 0.717) is 9.21 Å². The number of carbonyl (C=O) groups is 2. The number of nitrogens with one attached hydrogen (secondary N) is 1. The molecule has 20 heavy (non-hydrogen) atoms. The summed E-state index contributed by atoms with van der Waals surface area (Å²) in [6.07, 6.45) is 0. The van der Waals surface area contributed by atoms with E-state index in [4.69, 9.17) is 16.3 Å². The summed E-state index contributed by atoms with van der Waals surface area (Å²) in [5.41, 5.74) is 0.0349. The topological polar surface area (TPSA) is 55.4 Å². The van der Waals surface area contributed by atoms with Crippen LogP contribution in [-0.2, 0) is 9.53 Å². The van der Waals surface area contributed by atoms with Gasteiger partial charge in [-0.2, -0.15) is 0 Å². The van der Waals surface area contributed by atoms with E-state index < -0.39 is 24.3 Å². The van der Waals surface area contributed by atoms with Crippen LogP contribution in [0.1, 0.15) is 9.67 Å². The summed E-state index contributed by atoms with van der Waals surface area (Å²) in [5, 5.41) is 2.31. The summed E-state index contributed by atoms with van der Waals surface area (Å²) >= 11 is 6.73. The average molecular weight is 314 g/mol. The van der Waals surface area contributed by atoms with Crippen LogP contribution in [0, 0.1) is 5.82 Å². The van der Waals surface area contributed by atoms with Gasteiger partial charge >= 0.3 is 5.97 Å². The smallest absolute Gasteiger partial charge is 0.348 e. The lowest BCUT2D eigenvalue weighted by atomic mass is 10.3. The number of amides is 1. The van der Waals surface area contributed by atoms with Crippen molar-refractivity contribution in [3.8, 4) is 0 Å². The average Bonchev–Trinajstić information content (AvgIpc) is 2.85. The van der Waals surface area contributed by atoms with Crippen LogP contribution in [0.3, 0.4) is 0 Å². The first-order chi connectivity index (χ1) is 9.56. The molecule has 0 saturated carbocycles. The van der Waals surface area contributed by atoms with Crippen molar-refractivity contribution in [2.24, 2.45) is 0 Å². The molecule has 104 valence electrons. The van der Waals surface area contributed by atoms with Gasteiger partial charge in [0.2, 0.25) is 0 Å². The van der Waals surface area contributed by atoms with Crippen molar-refractivity contribution in [2.45, 2.75) is 0 Å². The second-order valence-corrected chi connectivity index (χ2v) is 5.42. The van der Waals surface area contributed by atoms with Gasteiger partial charge < -0.3 is 10.1 Å². The maximum absolute atomic E-state index is 13.3. The van der Waals surface area contributed by atoms with Crippen molar-refractivity contribution in [2.75, 3.05) is 11.9 Å². The SMILES string of the molecule is O=C(COC(=O)c1ccc(Cl)s1)Nc1ccccc1F. The van der Waals surface area contributed by atoms with E-state index in [9.17, 15) is 14.0 Å². The van der Waals surface area contributed by atoms with Gasteiger partial charge in [-0.15, -0.1) is 11.3 Å². The minimum Gasteiger partial charge on any atom is -0.451 e. The standard InChI is InChI=1S/C13H9ClFNO3S/c14-11-6-5-10(20-11)13(18)19-7-12(17)16-9-4-2-1-3-8(9)15/h1-6H,7H2,(H,16,17). The minimum atomic E-state index is -0.648. The Hall–Kier alpha value is -1.92. The normalized spacial score (nSPS) is 10.1. The zero-order valence-electron chi connectivity index (χ0n) is 10.1.